The Kier molecular flexibility index (Phi) is 4.07. The van der Waals surface area contributed by atoms with Crippen molar-refractivity contribution in [3.8, 4) is 0 Å². The summed E-state index contributed by atoms with van der Waals surface area (Å²) >= 11 is 0. The van der Waals surface area contributed by atoms with Crippen LogP contribution >= 0.6 is 0 Å². The van der Waals surface area contributed by atoms with Gasteiger partial charge in [0.25, 0.3) is 0 Å². The maximum absolute atomic E-state index is 11.2. The van der Waals surface area contributed by atoms with Crippen molar-refractivity contribution in [3.63, 3.8) is 0 Å². The number of hydrogen-bond acceptors (Lipinski definition) is 2. The lowest BCUT2D eigenvalue weighted by Crippen LogP contribution is -2.47. The number of hydrogen-bond donors (Lipinski definition) is 1. The molecule has 0 aromatic carbocycles. The van der Waals surface area contributed by atoms with E-state index in [1.807, 2.05) is 31.1 Å². The molecule has 0 aromatic rings. The van der Waals surface area contributed by atoms with Crippen molar-refractivity contribution in [3.05, 3.63) is 35.6 Å². The standard InChI is InChI=1S/C17H29NO/c1-15(2,3)14-11-13(12-18(7)8)9-10-17(14,19)16(4,5)6/h9-12,19H,1-8H3. The first-order valence-corrected chi connectivity index (χ1v) is 6.90. The summed E-state index contributed by atoms with van der Waals surface area (Å²) in [7, 11) is 4.02. The van der Waals surface area contributed by atoms with Gasteiger partial charge in [0.05, 0.1) is 0 Å². The van der Waals surface area contributed by atoms with Crippen LogP contribution in [0.1, 0.15) is 41.5 Å². The third-order valence-electron chi connectivity index (χ3n) is 3.60. The molecule has 0 saturated heterocycles. The van der Waals surface area contributed by atoms with Gasteiger partial charge in [-0.15, -0.1) is 0 Å². The molecule has 1 aliphatic rings. The van der Waals surface area contributed by atoms with E-state index in [0.717, 1.165) is 11.1 Å². The molecular weight excluding hydrogens is 234 g/mol. The Hall–Kier alpha value is -1.02. The van der Waals surface area contributed by atoms with Gasteiger partial charge < -0.3 is 10.0 Å². The van der Waals surface area contributed by atoms with Gasteiger partial charge in [-0.3, -0.25) is 0 Å². The fourth-order valence-electron chi connectivity index (χ4n) is 2.45. The van der Waals surface area contributed by atoms with Crippen molar-refractivity contribution in [2.24, 2.45) is 10.8 Å². The second-order valence-electron chi connectivity index (χ2n) is 7.75. The van der Waals surface area contributed by atoms with E-state index in [0.29, 0.717) is 0 Å². The molecule has 19 heavy (non-hydrogen) atoms. The molecule has 0 saturated carbocycles. The van der Waals surface area contributed by atoms with Crippen LogP contribution in [0.4, 0.5) is 0 Å². The molecule has 0 heterocycles. The Bertz CT molecular complexity index is 427. The summed E-state index contributed by atoms with van der Waals surface area (Å²) in [6.07, 6.45) is 8.17. The largest absolute Gasteiger partial charge is 0.383 e. The SMILES string of the molecule is CN(C)C=C1C=CC(O)(C(C)(C)C)C(C(C)(C)C)=C1. The maximum atomic E-state index is 11.2. The van der Waals surface area contributed by atoms with Gasteiger partial charge in [-0.25, -0.2) is 0 Å². The molecular formula is C17H29NO. The molecule has 0 bridgehead atoms. The minimum Gasteiger partial charge on any atom is -0.383 e. The van der Waals surface area contributed by atoms with Crippen LogP contribution in [0.25, 0.3) is 0 Å². The van der Waals surface area contributed by atoms with Crippen molar-refractivity contribution in [1.29, 1.82) is 0 Å². The predicted octanol–water partition coefficient (Wildman–Crippen LogP) is 3.75. The Morgan fingerprint density at radius 1 is 1.11 bits per heavy atom. The molecule has 1 rings (SSSR count). The third-order valence-corrected chi connectivity index (χ3v) is 3.60. The van der Waals surface area contributed by atoms with Gasteiger partial charge in [0.2, 0.25) is 0 Å². The van der Waals surface area contributed by atoms with Gasteiger partial charge in [0, 0.05) is 20.3 Å². The van der Waals surface area contributed by atoms with Crippen LogP contribution < -0.4 is 0 Å². The second-order valence-corrected chi connectivity index (χ2v) is 7.75. The van der Waals surface area contributed by atoms with E-state index in [4.69, 9.17) is 0 Å². The van der Waals surface area contributed by atoms with Crippen LogP contribution in [0.3, 0.4) is 0 Å². The first kappa shape index (κ1) is 16.0. The molecule has 0 spiro atoms. The van der Waals surface area contributed by atoms with E-state index in [2.05, 4.69) is 53.8 Å². The summed E-state index contributed by atoms with van der Waals surface area (Å²) in [5.41, 5.74) is 1.01. The minimum atomic E-state index is -0.894. The van der Waals surface area contributed by atoms with Crippen molar-refractivity contribution >= 4 is 0 Å². The quantitative estimate of drug-likeness (QED) is 0.779. The smallest absolute Gasteiger partial charge is 0.110 e. The van der Waals surface area contributed by atoms with Crippen LogP contribution in [-0.2, 0) is 0 Å². The van der Waals surface area contributed by atoms with Crippen LogP contribution in [0.5, 0.6) is 0 Å². The summed E-state index contributed by atoms with van der Waals surface area (Å²) < 4.78 is 0. The van der Waals surface area contributed by atoms with E-state index in [-0.39, 0.29) is 10.8 Å². The molecule has 1 unspecified atom stereocenters. The number of rotatable bonds is 1. The Labute approximate surface area is 118 Å². The molecule has 0 aliphatic heterocycles. The predicted molar refractivity (Wildman–Crippen MR) is 82.9 cm³/mol. The molecule has 1 aliphatic carbocycles. The Morgan fingerprint density at radius 2 is 1.63 bits per heavy atom. The lowest BCUT2D eigenvalue weighted by molar-refractivity contribution is 0.00441. The van der Waals surface area contributed by atoms with Gasteiger partial charge in [-0.1, -0.05) is 53.7 Å². The molecule has 1 atom stereocenters. The normalized spacial score (nSPS) is 26.6. The van der Waals surface area contributed by atoms with E-state index in [1.165, 1.54) is 0 Å². The highest BCUT2D eigenvalue weighted by atomic mass is 16.3. The van der Waals surface area contributed by atoms with Gasteiger partial charge in [-0.05, 0) is 28.1 Å². The second kappa shape index (κ2) is 4.82. The topological polar surface area (TPSA) is 23.5 Å². The Morgan fingerprint density at radius 3 is 2.00 bits per heavy atom. The molecule has 0 radical (unpaired) electrons. The summed E-state index contributed by atoms with van der Waals surface area (Å²) in [6.45, 7) is 12.7. The number of aliphatic hydroxyl groups is 1. The molecule has 108 valence electrons. The average Bonchev–Trinajstić information content (AvgIpc) is 2.17. The van der Waals surface area contributed by atoms with Crippen molar-refractivity contribution < 1.29 is 5.11 Å². The average molecular weight is 263 g/mol. The molecule has 0 aromatic heterocycles. The van der Waals surface area contributed by atoms with Gasteiger partial charge in [-0.2, -0.15) is 0 Å². The molecule has 0 amide bonds. The fourth-order valence-corrected chi connectivity index (χ4v) is 2.45. The highest BCUT2D eigenvalue weighted by molar-refractivity contribution is 5.48. The van der Waals surface area contributed by atoms with E-state index in [1.54, 1.807) is 0 Å². The zero-order valence-electron chi connectivity index (χ0n) is 13.7. The van der Waals surface area contributed by atoms with Crippen LogP contribution in [-0.4, -0.2) is 29.7 Å². The van der Waals surface area contributed by atoms with Crippen LogP contribution in [0.15, 0.2) is 35.6 Å². The first-order valence-electron chi connectivity index (χ1n) is 6.90. The van der Waals surface area contributed by atoms with Gasteiger partial charge in [0.1, 0.15) is 5.60 Å². The van der Waals surface area contributed by atoms with E-state index >= 15 is 0 Å². The van der Waals surface area contributed by atoms with E-state index < -0.39 is 5.60 Å². The third kappa shape index (κ3) is 3.30. The molecule has 0 fully saturated rings. The summed E-state index contributed by atoms with van der Waals surface area (Å²) in [4.78, 5) is 2.03. The highest BCUT2D eigenvalue weighted by Gasteiger charge is 2.46. The van der Waals surface area contributed by atoms with E-state index in [9.17, 15) is 5.11 Å². The molecule has 2 heteroatoms. The number of nitrogens with zero attached hydrogens (tertiary/aromatic N) is 1. The van der Waals surface area contributed by atoms with Crippen molar-refractivity contribution in [2.75, 3.05) is 14.1 Å². The maximum Gasteiger partial charge on any atom is 0.110 e. The summed E-state index contributed by atoms with van der Waals surface area (Å²) in [5.74, 6) is 0. The van der Waals surface area contributed by atoms with Gasteiger partial charge in [0.15, 0.2) is 0 Å². The lowest BCUT2D eigenvalue weighted by atomic mass is 9.63. The molecule has 2 nitrogen and oxygen atoms in total. The lowest BCUT2D eigenvalue weighted by Gasteiger charge is -2.46. The zero-order chi connectivity index (χ0) is 15.1. The summed E-state index contributed by atoms with van der Waals surface area (Å²) in [5, 5.41) is 11.2. The van der Waals surface area contributed by atoms with Crippen LogP contribution in [0, 0.1) is 10.8 Å². The minimum absolute atomic E-state index is 0.0712. The zero-order valence-corrected chi connectivity index (χ0v) is 13.7. The van der Waals surface area contributed by atoms with Crippen molar-refractivity contribution in [1.82, 2.24) is 4.90 Å². The van der Waals surface area contributed by atoms with Crippen LogP contribution in [0.2, 0.25) is 0 Å². The van der Waals surface area contributed by atoms with Gasteiger partial charge >= 0.3 is 0 Å². The fraction of sp³-hybridized carbons (Fsp3) is 0.647. The summed E-state index contributed by atoms with van der Waals surface area (Å²) in [6, 6.07) is 0. The monoisotopic (exact) mass is 263 g/mol. The molecule has 1 N–H and O–H groups in total. The Balaban J connectivity index is 3.38. The first-order chi connectivity index (χ1) is 8.38. The van der Waals surface area contributed by atoms with Crippen molar-refractivity contribution in [2.45, 2.75) is 47.1 Å². The highest BCUT2D eigenvalue weighted by Crippen LogP contribution is 2.47. The number of allylic oxidation sites excluding steroid dienone is 3.